The van der Waals surface area contributed by atoms with Gasteiger partial charge in [-0.25, -0.2) is 9.37 Å². The van der Waals surface area contributed by atoms with E-state index in [9.17, 15) is 19.1 Å². The summed E-state index contributed by atoms with van der Waals surface area (Å²) in [5.41, 5.74) is 1.53. The molecule has 0 radical (unpaired) electrons. The molecule has 1 aliphatic carbocycles. The van der Waals surface area contributed by atoms with Crippen molar-refractivity contribution in [3.05, 3.63) is 97.9 Å². The van der Waals surface area contributed by atoms with E-state index in [0.717, 1.165) is 18.4 Å². The van der Waals surface area contributed by atoms with Crippen LogP contribution >= 0.6 is 11.6 Å². The average molecular weight is 468 g/mol. The van der Waals surface area contributed by atoms with E-state index in [2.05, 4.69) is 4.98 Å². The SMILES string of the molecule is O=C([C@H](O)c1cccc(Cl)c1)N1CCCc2nc(C3(c4cccc(F)c4)CC3)[nH]c(=O)c2C1. The van der Waals surface area contributed by atoms with E-state index in [0.29, 0.717) is 47.1 Å². The molecule has 1 fully saturated rings. The van der Waals surface area contributed by atoms with Crippen molar-refractivity contribution in [2.75, 3.05) is 6.54 Å². The fraction of sp³-hybridized carbons (Fsp3) is 0.320. The number of aliphatic hydroxyl groups excluding tert-OH is 1. The Bertz CT molecular complexity index is 1290. The maximum atomic E-state index is 13.8. The Morgan fingerprint density at radius 3 is 2.73 bits per heavy atom. The predicted molar refractivity (Wildman–Crippen MR) is 121 cm³/mol. The molecule has 5 rings (SSSR count). The molecule has 8 heteroatoms. The normalized spacial score (nSPS) is 17.7. The molecule has 1 aliphatic heterocycles. The summed E-state index contributed by atoms with van der Waals surface area (Å²) in [6.07, 6.45) is 1.37. The number of hydrogen-bond donors (Lipinski definition) is 2. The number of benzene rings is 2. The third kappa shape index (κ3) is 4.07. The molecule has 1 aromatic heterocycles. The first-order valence-electron chi connectivity index (χ1n) is 11.0. The van der Waals surface area contributed by atoms with Crippen LogP contribution in [-0.4, -0.2) is 32.4 Å². The summed E-state index contributed by atoms with van der Waals surface area (Å²) < 4.78 is 13.8. The summed E-state index contributed by atoms with van der Waals surface area (Å²) >= 11 is 5.99. The summed E-state index contributed by atoms with van der Waals surface area (Å²) in [6, 6.07) is 13.0. The van der Waals surface area contributed by atoms with E-state index in [1.807, 2.05) is 6.07 Å². The lowest BCUT2D eigenvalue weighted by Crippen LogP contribution is -2.36. The maximum absolute atomic E-state index is 13.8. The number of hydrogen-bond acceptors (Lipinski definition) is 4. The van der Waals surface area contributed by atoms with Crippen LogP contribution in [0, 0.1) is 5.82 Å². The van der Waals surface area contributed by atoms with Gasteiger partial charge in [0.25, 0.3) is 11.5 Å². The molecule has 2 heterocycles. The third-order valence-electron chi connectivity index (χ3n) is 6.58. The van der Waals surface area contributed by atoms with Crippen LogP contribution in [0.2, 0.25) is 5.02 Å². The van der Waals surface area contributed by atoms with E-state index >= 15 is 0 Å². The molecule has 3 aromatic rings. The van der Waals surface area contributed by atoms with Crippen LogP contribution in [0.25, 0.3) is 0 Å². The molecular formula is C25H23ClFN3O3. The third-order valence-corrected chi connectivity index (χ3v) is 6.82. The number of halogens is 2. The fourth-order valence-electron chi connectivity index (χ4n) is 4.60. The van der Waals surface area contributed by atoms with Crippen molar-refractivity contribution in [2.24, 2.45) is 0 Å². The summed E-state index contributed by atoms with van der Waals surface area (Å²) in [5.74, 6) is -0.245. The van der Waals surface area contributed by atoms with Crippen LogP contribution in [0.4, 0.5) is 4.39 Å². The van der Waals surface area contributed by atoms with E-state index in [1.165, 1.54) is 17.0 Å². The van der Waals surface area contributed by atoms with Crippen molar-refractivity contribution in [3.63, 3.8) is 0 Å². The lowest BCUT2D eigenvalue weighted by Gasteiger charge is -2.24. The van der Waals surface area contributed by atoms with Gasteiger partial charge in [-0.2, -0.15) is 0 Å². The smallest absolute Gasteiger partial charge is 0.256 e. The lowest BCUT2D eigenvalue weighted by atomic mass is 9.94. The van der Waals surface area contributed by atoms with Crippen LogP contribution in [0.1, 0.15) is 53.6 Å². The Labute approximate surface area is 195 Å². The number of carbonyl (C=O) groups excluding carboxylic acids is 1. The number of H-pyrrole nitrogens is 1. The number of carbonyl (C=O) groups is 1. The molecule has 0 bridgehead atoms. The zero-order chi connectivity index (χ0) is 23.2. The first-order chi connectivity index (χ1) is 15.9. The number of fused-ring (bicyclic) bond motifs is 1. The Balaban J connectivity index is 1.43. The highest BCUT2D eigenvalue weighted by Crippen LogP contribution is 2.52. The second-order valence-corrected chi connectivity index (χ2v) is 9.19. The van der Waals surface area contributed by atoms with Gasteiger partial charge < -0.3 is 15.0 Å². The quantitative estimate of drug-likeness (QED) is 0.613. The van der Waals surface area contributed by atoms with Gasteiger partial charge in [-0.15, -0.1) is 0 Å². The van der Waals surface area contributed by atoms with Gasteiger partial charge in [0.2, 0.25) is 0 Å². The maximum Gasteiger partial charge on any atom is 0.256 e. The van der Waals surface area contributed by atoms with Crippen LogP contribution < -0.4 is 5.56 Å². The van der Waals surface area contributed by atoms with Gasteiger partial charge in [0.15, 0.2) is 6.10 Å². The van der Waals surface area contributed by atoms with Gasteiger partial charge in [-0.1, -0.05) is 35.9 Å². The molecule has 0 unspecified atom stereocenters. The zero-order valence-electron chi connectivity index (χ0n) is 17.9. The molecular weight excluding hydrogens is 445 g/mol. The standard InChI is InChI=1S/C25H23ClFN3O3/c26-17-6-1-4-15(12-17)21(31)23(33)30-11-3-8-20-19(14-30)22(32)29-24(28-20)25(9-10-25)16-5-2-7-18(27)13-16/h1-2,4-7,12-13,21,31H,3,8-11,14H2,(H,28,29,32)/t21-/m1/s1. The highest BCUT2D eigenvalue weighted by molar-refractivity contribution is 6.30. The average Bonchev–Trinajstić information content (AvgIpc) is 3.62. The topological polar surface area (TPSA) is 86.3 Å². The van der Waals surface area contributed by atoms with Crippen LogP contribution in [0.5, 0.6) is 0 Å². The minimum atomic E-state index is -1.36. The molecule has 1 atom stereocenters. The lowest BCUT2D eigenvalue weighted by molar-refractivity contribution is -0.141. The van der Waals surface area contributed by atoms with Crippen molar-refractivity contribution in [3.8, 4) is 0 Å². The molecule has 2 aromatic carbocycles. The minimum Gasteiger partial charge on any atom is -0.378 e. The van der Waals surface area contributed by atoms with Crippen LogP contribution in [0.3, 0.4) is 0 Å². The highest BCUT2D eigenvalue weighted by Gasteiger charge is 2.49. The van der Waals surface area contributed by atoms with Gasteiger partial charge in [0, 0.05) is 11.6 Å². The van der Waals surface area contributed by atoms with Crippen molar-refractivity contribution in [1.82, 2.24) is 14.9 Å². The van der Waals surface area contributed by atoms with Gasteiger partial charge in [0.05, 0.1) is 23.2 Å². The molecule has 6 nitrogen and oxygen atoms in total. The number of nitrogens with zero attached hydrogens (tertiary/aromatic N) is 2. The number of aliphatic hydroxyl groups is 1. The first kappa shape index (κ1) is 21.8. The summed E-state index contributed by atoms with van der Waals surface area (Å²) in [5, 5.41) is 11.0. The van der Waals surface area contributed by atoms with Gasteiger partial charge in [0.1, 0.15) is 11.6 Å². The highest BCUT2D eigenvalue weighted by atomic mass is 35.5. The van der Waals surface area contributed by atoms with Gasteiger partial charge in [-0.05, 0) is 61.1 Å². The van der Waals surface area contributed by atoms with E-state index in [4.69, 9.17) is 16.6 Å². The number of rotatable bonds is 4. The number of aromatic amines is 1. The molecule has 1 amide bonds. The first-order valence-corrected chi connectivity index (χ1v) is 11.4. The molecule has 33 heavy (non-hydrogen) atoms. The largest absolute Gasteiger partial charge is 0.378 e. The van der Waals surface area contributed by atoms with E-state index < -0.39 is 17.4 Å². The van der Waals surface area contributed by atoms with Crippen molar-refractivity contribution >= 4 is 17.5 Å². The number of nitrogens with one attached hydrogen (secondary N) is 1. The molecule has 2 N–H and O–H groups in total. The van der Waals surface area contributed by atoms with Crippen LogP contribution in [-0.2, 0) is 23.2 Å². The Kier molecular flexibility index (Phi) is 5.54. The summed E-state index contributed by atoms with van der Waals surface area (Å²) in [7, 11) is 0. The van der Waals surface area contributed by atoms with E-state index in [1.54, 1.807) is 30.3 Å². The van der Waals surface area contributed by atoms with Crippen molar-refractivity contribution in [2.45, 2.75) is 43.7 Å². The van der Waals surface area contributed by atoms with Crippen molar-refractivity contribution < 1.29 is 14.3 Å². The predicted octanol–water partition coefficient (Wildman–Crippen LogP) is 3.65. The van der Waals surface area contributed by atoms with Crippen LogP contribution in [0.15, 0.2) is 53.3 Å². The second kappa shape index (κ2) is 8.39. The number of aryl methyl sites for hydroxylation is 1. The Morgan fingerprint density at radius 1 is 1.21 bits per heavy atom. The Hall–Kier alpha value is -3.03. The molecule has 0 saturated heterocycles. The number of amides is 1. The van der Waals surface area contributed by atoms with Gasteiger partial charge in [-0.3, -0.25) is 9.59 Å². The summed E-state index contributed by atoms with van der Waals surface area (Å²) in [6.45, 7) is 0.470. The zero-order valence-corrected chi connectivity index (χ0v) is 18.6. The number of aromatic nitrogens is 2. The molecule has 0 spiro atoms. The van der Waals surface area contributed by atoms with E-state index in [-0.39, 0.29) is 17.9 Å². The monoisotopic (exact) mass is 467 g/mol. The minimum absolute atomic E-state index is 0.0708. The van der Waals surface area contributed by atoms with Gasteiger partial charge >= 0.3 is 0 Å². The fourth-order valence-corrected chi connectivity index (χ4v) is 4.80. The van der Waals surface area contributed by atoms with Crippen molar-refractivity contribution in [1.29, 1.82) is 0 Å². The summed E-state index contributed by atoms with van der Waals surface area (Å²) in [4.78, 5) is 35.3. The second-order valence-electron chi connectivity index (χ2n) is 8.75. The Morgan fingerprint density at radius 2 is 2.00 bits per heavy atom. The molecule has 2 aliphatic rings. The molecule has 1 saturated carbocycles. The molecule has 170 valence electrons.